The van der Waals surface area contributed by atoms with Gasteiger partial charge in [0, 0.05) is 16.7 Å². The highest BCUT2D eigenvalue weighted by Gasteiger charge is 2.32. The van der Waals surface area contributed by atoms with Crippen LogP contribution in [-0.4, -0.2) is 29.5 Å². The Morgan fingerprint density at radius 1 is 0.806 bits per heavy atom. The number of nitrogens with one attached hydrogen (secondary N) is 1. The number of fused-ring (bicyclic) bond motifs is 2. The van der Waals surface area contributed by atoms with Gasteiger partial charge >= 0.3 is 5.97 Å². The molecule has 0 fully saturated rings. The minimum atomic E-state index is -1.11. The number of aryl methyl sites for hydroxylation is 1. The van der Waals surface area contributed by atoms with Gasteiger partial charge in [-0.05, 0) is 31.5 Å². The lowest BCUT2D eigenvalue weighted by Crippen LogP contribution is -2.31. The van der Waals surface area contributed by atoms with E-state index in [1.54, 1.807) is 73.7 Å². The first kappa shape index (κ1) is 20.2. The highest BCUT2D eigenvalue weighted by atomic mass is 16.5. The number of carbonyl (C=O) groups is 4. The van der Waals surface area contributed by atoms with Crippen LogP contribution in [0.1, 0.15) is 54.7 Å². The van der Waals surface area contributed by atoms with Gasteiger partial charge < -0.3 is 10.1 Å². The number of hydrogen-bond donors (Lipinski definition) is 1. The Morgan fingerprint density at radius 3 is 2.13 bits per heavy atom. The van der Waals surface area contributed by atoms with Gasteiger partial charge in [0.2, 0.25) is 0 Å². The number of ketones is 2. The Labute approximate surface area is 178 Å². The zero-order chi connectivity index (χ0) is 22.1. The molecule has 0 radical (unpaired) electrons. The fourth-order valence-electron chi connectivity index (χ4n) is 3.56. The zero-order valence-electron chi connectivity index (χ0n) is 17.0. The van der Waals surface area contributed by atoms with Crippen LogP contribution in [0.25, 0.3) is 0 Å². The van der Waals surface area contributed by atoms with Gasteiger partial charge in [-0.2, -0.15) is 0 Å². The fraction of sp³-hybridized carbons (Fsp3) is 0.120. The van der Waals surface area contributed by atoms with Crippen molar-refractivity contribution in [3.63, 3.8) is 0 Å². The lowest BCUT2D eigenvalue weighted by atomic mass is 9.83. The van der Waals surface area contributed by atoms with E-state index in [2.05, 4.69) is 5.32 Å². The third kappa shape index (κ3) is 3.64. The number of esters is 1. The van der Waals surface area contributed by atoms with Crippen LogP contribution < -0.4 is 5.32 Å². The number of anilines is 1. The maximum Gasteiger partial charge on any atom is 0.339 e. The van der Waals surface area contributed by atoms with Crippen molar-refractivity contribution in [3.8, 4) is 0 Å². The Bertz CT molecular complexity index is 1240. The summed E-state index contributed by atoms with van der Waals surface area (Å²) in [5.41, 5.74) is 2.30. The highest BCUT2D eigenvalue weighted by molar-refractivity contribution is 6.30. The van der Waals surface area contributed by atoms with E-state index < -0.39 is 18.0 Å². The van der Waals surface area contributed by atoms with Gasteiger partial charge in [-0.1, -0.05) is 54.6 Å². The molecule has 3 aromatic carbocycles. The third-order valence-electron chi connectivity index (χ3n) is 5.23. The first-order valence-corrected chi connectivity index (χ1v) is 9.77. The van der Waals surface area contributed by atoms with Crippen molar-refractivity contribution in [1.82, 2.24) is 0 Å². The lowest BCUT2D eigenvalue weighted by Gasteiger charge is -2.21. The van der Waals surface area contributed by atoms with Crippen LogP contribution in [0.2, 0.25) is 0 Å². The average molecular weight is 413 g/mol. The zero-order valence-corrected chi connectivity index (χ0v) is 17.0. The molecule has 1 aliphatic carbocycles. The second kappa shape index (κ2) is 7.99. The molecule has 0 spiro atoms. The predicted molar refractivity (Wildman–Crippen MR) is 114 cm³/mol. The van der Waals surface area contributed by atoms with Crippen LogP contribution >= 0.6 is 0 Å². The molecule has 1 aliphatic rings. The second-order valence-electron chi connectivity index (χ2n) is 7.28. The SMILES string of the molecule is Cc1ccccc1C(=O)OC(C)C(=O)Nc1cccc2c1C(=O)c1ccccc1C2=O. The van der Waals surface area contributed by atoms with Crippen LogP contribution in [0.4, 0.5) is 5.69 Å². The average Bonchev–Trinajstić information content (AvgIpc) is 2.77. The highest BCUT2D eigenvalue weighted by Crippen LogP contribution is 2.32. The molecule has 0 bridgehead atoms. The molecule has 0 heterocycles. The molecule has 3 aromatic rings. The minimum absolute atomic E-state index is 0.136. The molecule has 6 nitrogen and oxygen atoms in total. The molecule has 154 valence electrons. The summed E-state index contributed by atoms with van der Waals surface area (Å²) in [5.74, 6) is -1.84. The quantitative estimate of drug-likeness (QED) is 0.512. The Hall–Kier alpha value is -4.06. The van der Waals surface area contributed by atoms with Crippen LogP contribution in [0.3, 0.4) is 0 Å². The van der Waals surface area contributed by atoms with E-state index in [0.717, 1.165) is 5.56 Å². The first-order chi connectivity index (χ1) is 14.9. The van der Waals surface area contributed by atoms with Gasteiger partial charge in [-0.25, -0.2) is 4.79 Å². The molecular weight excluding hydrogens is 394 g/mol. The maximum absolute atomic E-state index is 13.0. The van der Waals surface area contributed by atoms with E-state index in [4.69, 9.17) is 4.74 Å². The Morgan fingerprint density at radius 2 is 1.42 bits per heavy atom. The topological polar surface area (TPSA) is 89.5 Å². The van der Waals surface area contributed by atoms with Gasteiger partial charge in [0.05, 0.1) is 16.8 Å². The summed E-state index contributed by atoms with van der Waals surface area (Å²) in [5, 5.41) is 2.63. The summed E-state index contributed by atoms with van der Waals surface area (Å²) >= 11 is 0. The molecule has 1 amide bonds. The lowest BCUT2D eigenvalue weighted by molar-refractivity contribution is -0.123. The van der Waals surface area contributed by atoms with Crippen molar-refractivity contribution in [2.24, 2.45) is 0 Å². The van der Waals surface area contributed by atoms with Crippen molar-refractivity contribution < 1.29 is 23.9 Å². The number of carbonyl (C=O) groups excluding carboxylic acids is 4. The van der Waals surface area contributed by atoms with E-state index >= 15 is 0 Å². The van der Waals surface area contributed by atoms with Crippen molar-refractivity contribution in [3.05, 3.63) is 100 Å². The monoisotopic (exact) mass is 413 g/mol. The van der Waals surface area contributed by atoms with E-state index in [1.165, 1.54) is 6.92 Å². The molecular formula is C25H19NO5. The van der Waals surface area contributed by atoms with Crippen LogP contribution in [0.15, 0.2) is 66.7 Å². The third-order valence-corrected chi connectivity index (χ3v) is 5.23. The van der Waals surface area contributed by atoms with E-state index in [0.29, 0.717) is 16.7 Å². The molecule has 4 rings (SSSR count). The van der Waals surface area contributed by atoms with E-state index in [1.807, 2.05) is 0 Å². The molecule has 0 aliphatic heterocycles. The minimum Gasteiger partial charge on any atom is -0.449 e. The summed E-state index contributed by atoms with van der Waals surface area (Å²) < 4.78 is 5.30. The Kier molecular flexibility index (Phi) is 5.21. The smallest absolute Gasteiger partial charge is 0.339 e. The fourth-order valence-corrected chi connectivity index (χ4v) is 3.56. The molecule has 31 heavy (non-hydrogen) atoms. The van der Waals surface area contributed by atoms with Gasteiger partial charge in [-0.15, -0.1) is 0 Å². The van der Waals surface area contributed by atoms with Gasteiger partial charge in [-0.3, -0.25) is 14.4 Å². The van der Waals surface area contributed by atoms with E-state index in [9.17, 15) is 19.2 Å². The predicted octanol–water partition coefficient (Wildman–Crippen LogP) is 3.95. The van der Waals surface area contributed by atoms with Crippen molar-refractivity contribution in [2.45, 2.75) is 20.0 Å². The van der Waals surface area contributed by atoms with Gasteiger partial charge in [0.25, 0.3) is 5.91 Å². The van der Waals surface area contributed by atoms with Crippen molar-refractivity contribution in [2.75, 3.05) is 5.32 Å². The molecule has 1 unspecified atom stereocenters. The van der Waals surface area contributed by atoms with Crippen LogP contribution in [-0.2, 0) is 9.53 Å². The number of ether oxygens (including phenoxy) is 1. The summed E-state index contributed by atoms with van der Waals surface area (Å²) in [6.07, 6.45) is -1.11. The van der Waals surface area contributed by atoms with Crippen LogP contribution in [0.5, 0.6) is 0 Å². The number of rotatable bonds is 4. The summed E-state index contributed by atoms with van der Waals surface area (Å²) in [6, 6.07) is 18.2. The normalized spacial score (nSPS) is 13.1. The van der Waals surface area contributed by atoms with Crippen LogP contribution in [0, 0.1) is 6.92 Å². The Balaban J connectivity index is 1.57. The second-order valence-corrected chi connectivity index (χ2v) is 7.28. The summed E-state index contributed by atoms with van der Waals surface area (Å²) in [6.45, 7) is 3.22. The molecule has 0 saturated heterocycles. The maximum atomic E-state index is 13.0. The largest absolute Gasteiger partial charge is 0.449 e. The van der Waals surface area contributed by atoms with Gasteiger partial charge in [0.1, 0.15) is 0 Å². The number of benzene rings is 3. The molecule has 1 N–H and O–H groups in total. The van der Waals surface area contributed by atoms with Gasteiger partial charge in [0.15, 0.2) is 17.7 Å². The summed E-state index contributed by atoms with van der Waals surface area (Å²) in [7, 11) is 0. The molecule has 0 saturated carbocycles. The van der Waals surface area contributed by atoms with E-state index in [-0.39, 0.29) is 28.4 Å². The molecule has 6 heteroatoms. The molecule has 1 atom stereocenters. The first-order valence-electron chi connectivity index (χ1n) is 9.77. The van der Waals surface area contributed by atoms with Crippen molar-refractivity contribution >= 4 is 29.1 Å². The molecule has 0 aromatic heterocycles. The standard InChI is InChI=1S/C25H19NO5/c1-14-8-3-4-9-16(14)25(30)31-15(2)24(29)26-20-13-7-12-19-21(20)23(28)18-11-6-5-10-17(18)22(19)27/h3-13,15H,1-2H3,(H,26,29). The number of hydrogen-bond acceptors (Lipinski definition) is 5. The van der Waals surface area contributed by atoms with Crippen molar-refractivity contribution in [1.29, 1.82) is 0 Å². The summed E-state index contributed by atoms with van der Waals surface area (Å²) in [4.78, 5) is 51.0. The number of amides is 1.